The molecule has 6 heteroatoms. The summed E-state index contributed by atoms with van der Waals surface area (Å²) >= 11 is 0. The van der Waals surface area contributed by atoms with Crippen molar-refractivity contribution >= 4 is 6.03 Å². The Morgan fingerprint density at radius 3 is 2.73 bits per heavy atom. The molecule has 2 N–H and O–H groups in total. The number of nitrogens with zero attached hydrogens (tertiary/aromatic N) is 2. The Bertz CT molecular complexity index is 399. The third kappa shape index (κ3) is 8.23. The maximum Gasteiger partial charge on any atom is 0.314 e. The average molecular weight is 369 g/mol. The van der Waals surface area contributed by atoms with Crippen LogP contribution in [0.25, 0.3) is 0 Å². The van der Waals surface area contributed by atoms with E-state index in [4.69, 9.17) is 4.74 Å². The minimum Gasteiger partial charge on any atom is -0.374 e. The van der Waals surface area contributed by atoms with Gasteiger partial charge < -0.3 is 20.3 Å². The molecule has 1 heterocycles. The number of rotatable bonds is 9. The first-order valence-corrected chi connectivity index (χ1v) is 10.6. The summed E-state index contributed by atoms with van der Waals surface area (Å²) in [6.07, 6.45) is 7.90. The number of ether oxygens (including phenoxy) is 1. The molecule has 2 amide bonds. The minimum atomic E-state index is -0.0742. The second-order valence-corrected chi connectivity index (χ2v) is 8.41. The fraction of sp³-hybridized carbons (Fsp3) is 0.950. The standard InChI is InChI=1S/C20H40N4O2/c1-17(2)15-24-12-13-26-19(16-24)14-22-20(25)21-10-7-11-23(3)18-8-5-4-6-9-18/h17-19H,4-16H2,1-3H3,(H2,21,22,25)/t19-/m0/s1. The number of carbonyl (C=O) groups excluding carboxylic acids is 1. The molecule has 0 aromatic carbocycles. The molecule has 26 heavy (non-hydrogen) atoms. The van der Waals surface area contributed by atoms with Crippen LogP contribution in [0.15, 0.2) is 0 Å². The smallest absolute Gasteiger partial charge is 0.314 e. The largest absolute Gasteiger partial charge is 0.374 e. The van der Waals surface area contributed by atoms with E-state index in [-0.39, 0.29) is 12.1 Å². The molecule has 2 fully saturated rings. The van der Waals surface area contributed by atoms with Crippen LogP contribution >= 0.6 is 0 Å². The number of hydrogen-bond donors (Lipinski definition) is 2. The van der Waals surface area contributed by atoms with E-state index in [9.17, 15) is 4.79 Å². The molecule has 1 saturated carbocycles. The zero-order valence-corrected chi connectivity index (χ0v) is 17.1. The van der Waals surface area contributed by atoms with Gasteiger partial charge in [0, 0.05) is 38.8 Å². The van der Waals surface area contributed by atoms with Crippen molar-refractivity contribution in [2.75, 3.05) is 52.9 Å². The topological polar surface area (TPSA) is 56.8 Å². The van der Waals surface area contributed by atoms with Gasteiger partial charge in [-0.2, -0.15) is 0 Å². The van der Waals surface area contributed by atoms with Crippen LogP contribution < -0.4 is 10.6 Å². The molecule has 0 radical (unpaired) electrons. The highest BCUT2D eigenvalue weighted by Crippen LogP contribution is 2.21. The van der Waals surface area contributed by atoms with Crippen LogP contribution in [0.5, 0.6) is 0 Å². The summed E-state index contributed by atoms with van der Waals surface area (Å²) in [6, 6.07) is 0.671. The molecule has 2 rings (SSSR count). The summed E-state index contributed by atoms with van der Waals surface area (Å²) in [6.45, 7) is 10.6. The van der Waals surface area contributed by atoms with Gasteiger partial charge in [-0.1, -0.05) is 33.1 Å². The third-order valence-electron chi connectivity index (χ3n) is 5.51. The molecule has 6 nitrogen and oxygen atoms in total. The van der Waals surface area contributed by atoms with Gasteiger partial charge in [-0.3, -0.25) is 4.90 Å². The lowest BCUT2D eigenvalue weighted by Gasteiger charge is -2.34. The molecule has 0 spiro atoms. The SMILES string of the molecule is CC(C)CN1CCO[C@@H](CNC(=O)NCCCN(C)C2CCCCC2)C1. The first-order valence-electron chi connectivity index (χ1n) is 10.6. The Kier molecular flexibility index (Phi) is 9.72. The van der Waals surface area contributed by atoms with Gasteiger partial charge >= 0.3 is 6.03 Å². The van der Waals surface area contributed by atoms with Crippen molar-refractivity contribution in [1.82, 2.24) is 20.4 Å². The second kappa shape index (κ2) is 11.8. The van der Waals surface area contributed by atoms with Gasteiger partial charge in [0.2, 0.25) is 0 Å². The van der Waals surface area contributed by atoms with Gasteiger partial charge in [-0.15, -0.1) is 0 Å². The van der Waals surface area contributed by atoms with E-state index >= 15 is 0 Å². The van der Waals surface area contributed by atoms with E-state index in [0.29, 0.717) is 12.5 Å². The van der Waals surface area contributed by atoms with E-state index in [2.05, 4.69) is 41.3 Å². The van der Waals surface area contributed by atoms with Gasteiger partial charge in [0.15, 0.2) is 0 Å². The normalized spacial score (nSPS) is 22.7. The molecule has 2 aliphatic rings. The number of urea groups is 1. The van der Waals surface area contributed by atoms with Crippen LogP contribution in [0, 0.1) is 5.92 Å². The number of morpholine rings is 1. The Morgan fingerprint density at radius 2 is 2.00 bits per heavy atom. The summed E-state index contributed by atoms with van der Waals surface area (Å²) in [7, 11) is 2.22. The number of amides is 2. The van der Waals surface area contributed by atoms with E-state index in [0.717, 1.165) is 51.8 Å². The van der Waals surface area contributed by atoms with Crippen molar-refractivity contribution in [3.63, 3.8) is 0 Å². The molecule has 0 aromatic heterocycles. The second-order valence-electron chi connectivity index (χ2n) is 8.41. The Labute approximate surface area is 160 Å². The predicted octanol–water partition coefficient (Wildman–Crippen LogP) is 2.30. The molecule has 1 saturated heterocycles. The van der Waals surface area contributed by atoms with Gasteiger partial charge in [0.25, 0.3) is 0 Å². The van der Waals surface area contributed by atoms with E-state index in [1.54, 1.807) is 0 Å². The number of carbonyl (C=O) groups is 1. The van der Waals surface area contributed by atoms with Crippen LogP contribution in [0.2, 0.25) is 0 Å². The maximum atomic E-state index is 12.0. The van der Waals surface area contributed by atoms with Crippen molar-refractivity contribution in [2.24, 2.45) is 5.92 Å². The minimum absolute atomic E-state index is 0.0742. The Balaban J connectivity index is 1.52. The molecular weight excluding hydrogens is 328 g/mol. The highest BCUT2D eigenvalue weighted by molar-refractivity contribution is 5.73. The Morgan fingerprint density at radius 1 is 1.23 bits per heavy atom. The molecule has 0 aromatic rings. The summed E-state index contributed by atoms with van der Waals surface area (Å²) < 4.78 is 5.77. The van der Waals surface area contributed by atoms with Crippen molar-refractivity contribution < 1.29 is 9.53 Å². The van der Waals surface area contributed by atoms with E-state index < -0.39 is 0 Å². The highest BCUT2D eigenvalue weighted by atomic mass is 16.5. The van der Waals surface area contributed by atoms with Crippen LogP contribution in [-0.4, -0.2) is 80.9 Å². The van der Waals surface area contributed by atoms with Crippen LogP contribution in [0.3, 0.4) is 0 Å². The maximum absolute atomic E-state index is 12.0. The lowest BCUT2D eigenvalue weighted by molar-refractivity contribution is -0.0290. The van der Waals surface area contributed by atoms with Crippen molar-refractivity contribution in [2.45, 2.75) is 64.5 Å². The fourth-order valence-electron chi connectivity index (χ4n) is 4.09. The van der Waals surface area contributed by atoms with Crippen LogP contribution in [-0.2, 0) is 4.74 Å². The average Bonchev–Trinajstić information content (AvgIpc) is 2.64. The van der Waals surface area contributed by atoms with E-state index in [1.807, 2.05) is 0 Å². The molecule has 1 aliphatic heterocycles. The first-order chi connectivity index (χ1) is 12.5. The van der Waals surface area contributed by atoms with Crippen molar-refractivity contribution in [3.8, 4) is 0 Å². The van der Waals surface area contributed by atoms with Gasteiger partial charge in [0.05, 0.1) is 12.7 Å². The predicted molar refractivity (Wildman–Crippen MR) is 107 cm³/mol. The van der Waals surface area contributed by atoms with Crippen molar-refractivity contribution in [1.29, 1.82) is 0 Å². The highest BCUT2D eigenvalue weighted by Gasteiger charge is 2.21. The molecule has 0 unspecified atom stereocenters. The molecule has 0 bridgehead atoms. The van der Waals surface area contributed by atoms with Gasteiger partial charge in [-0.05, 0) is 38.8 Å². The van der Waals surface area contributed by atoms with E-state index in [1.165, 1.54) is 32.1 Å². The van der Waals surface area contributed by atoms with Crippen molar-refractivity contribution in [3.05, 3.63) is 0 Å². The third-order valence-corrected chi connectivity index (χ3v) is 5.51. The van der Waals surface area contributed by atoms with Gasteiger partial charge in [0.1, 0.15) is 0 Å². The summed E-state index contributed by atoms with van der Waals surface area (Å²) in [4.78, 5) is 16.9. The first kappa shape index (κ1) is 21.5. The fourth-order valence-corrected chi connectivity index (χ4v) is 4.09. The summed E-state index contributed by atoms with van der Waals surface area (Å²) in [5.74, 6) is 0.664. The van der Waals surface area contributed by atoms with Crippen LogP contribution in [0.1, 0.15) is 52.4 Å². The molecular formula is C20H40N4O2. The Hall–Kier alpha value is -0.850. The number of nitrogens with one attached hydrogen (secondary N) is 2. The lowest BCUT2D eigenvalue weighted by Crippen LogP contribution is -2.49. The molecule has 1 atom stereocenters. The zero-order valence-electron chi connectivity index (χ0n) is 17.1. The summed E-state index contributed by atoms with van der Waals surface area (Å²) in [5, 5.41) is 5.94. The quantitative estimate of drug-likeness (QED) is 0.613. The molecule has 1 aliphatic carbocycles. The monoisotopic (exact) mass is 368 g/mol. The number of hydrogen-bond acceptors (Lipinski definition) is 4. The summed E-state index contributed by atoms with van der Waals surface area (Å²) in [5.41, 5.74) is 0. The van der Waals surface area contributed by atoms with Gasteiger partial charge in [-0.25, -0.2) is 4.79 Å². The molecule has 152 valence electrons. The zero-order chi connectivity index (χ0) is 18.8. The van der Waals surface area contributed by atoms with Crippen LogP contribution in [0.4, 0.5) is 4.79 Å². The lowest BCUT2D eigenvalue weighted by atomic mass is 9.94.